The summed E-state index contributed by atoms with van der Waals surface area (Å²) in [5.74, 6) is -0.589. The second-order valence-electron chi connectivity index (χ2n) is 6.25. The van der Waals surface area contributed by atoms with E-state index in [-0.39, 0.29) is 16.5 Å². The van der Waals surface area contributed by atoms with Crippen molar-refractivity contribution in [1.82, 2.24) is 0 Å². The number of aromatic hydroxyl groups is 1. The van der Waals surface area contributed by atoms with Crippen LogP contribution in [0, 0.1) is 6.92 Å². The van der Waals surface area contributed by atoms with Crippen molar-refractivity contribution in [2.75, 3.05) is 7.11 Å². The molecule has 12 heteroatoms. The summed E-state index contributed by atoms with van der Waals surface area (Å²) in [6.45, 7) is 1.81. The number of hydrogen-bond donors (Lipinski definition) is 3. The van der Waals surface area contributed by atoms with Crippen molar-refractivity contribution in [2.24, 2.45) is 10.2 Å². The zero-order valence-electron chi connectivity index (χ0n) is 15.6. The Bertz CT molecular complexity index is 1400. The molecule has 10 nitrogen and oxygen atoms in total. The molecule has 0 saturated heterocycles. The predicted molar refractivity (Wildman–Crippen MR) is 107 cm³/mol. The number of fused-ring (bicyclic) bond motifs is 1. The number of phenols is 1. The lowest BCUT2D eigenvalue weighted by molar-refractivity contribution is 0.415. The smallest absolute Gasteiger partial charge is 0.296 e. The van der Waals surface area contributed by atoms with Gasteiger partial charge in [0.1, 0.15) is 26.9 Å². The van der Waals surface area contributed by atoms with E-state index < -0.39 is 41.5 Å². The summed E-state index contributed by atoms with van der Waals surface area (Å²) in [5.41, 5.74) is 0.339. The molecule has 0 aromatic heterocycles. The van der Waals surface area contributed by atoms with Gasteiger partial charge in [-0.05, 0) is 42.1 Å². The number of azo groups is 1. The van der Waals surface area contributed by atoms with Gasteiger partial charge in [0.15, 0.2) is 5.75 Å². The number of aryl methyl sites for hydroxylation is 1. The average Bonchev–Trinajstić information content (AvgIpc) is 2.65. The number of benzene rings is 3. The topological polar surface area (TPSA) is 163 Å². The molecule has 3 N–H and O–H groups in total. The van der Waals surface area contributed by atoms with Crippen molar-refractivity contribution >= 4 is 42.4 Å². The molecule has 0 amide bonds. The van der Waals surface area contributed by atoms with Gasteiger partial charge in [-0.25, -0.2) is 0 Å². The minimum Gasteiger partial charge on any atom is -0.505 e. The van der Waals surface area contributed by atoms with Gasteiger partial charge in [0.2, 0.25) is 0 Å². The maximum atomic E-state index is 11.9. The molecule has 158 valence electrons. The van der Waals surface area contributed by atoms with Gasteiger partial charge in [0.05, 0.1) is 7.11 Å². The van der Waals surface area contributed by atoms with Gasteiger partial charge in [0, 0.05) is 5.39 Å². The Hall–Kier alpha value is -3.06. The number of rotatable bonds is 5. The van der Waals surface area contributed by atoms with Crippen molar-refractivity contribution in [1.29, 1.82) is 0 Å². The fourth-order valence-electron chi connectivity index (χ4n) is 2.85. The van der Waals surface area contributed by atoms with Crippen LogP contribution in [0.15, 0.2) is 62.5 Å². The maximum Gasteiger partial charge on any atom is 0.296 e. The molecule has 0 bridgehead atoms. The third-order valence-electron chi connectivity index (χ3n) is 4.19. The standard InChI is InChI=1S/C18H16N2O8S2/c1-10-6-7-12(13(8-10)28-2)19-20-17-15(30(25,26)27)9-11-4-3-5-14(29(22,23)24)16(11)18(17)21/h3-9,21H,1-2H3,(H,22,23,24)(H,25,26,27). The normalized spacial score (nSPS) is 12.5. The Morgan fingerprint density at radius 1 is 0.900 bits per heavy atom. The highest BCUT2D eigenvalue weighted by atomic mass is 32.2. The molecular weight excluding hydrogens is 436 g/mol. The number of nitrogens with zero attached hydrogens (tertiary/aromatic N) is 2. The summed E-state index contributed by atoms with van der Waals surface area (Å²) in [6.07, 6.45) is 0. The Kier molecular flexibility index (Phi) is 5.52. The number of hydrogen-bond acceptors (Lipinski definition) is 8. The van der Waals surface area contributed by atoms with Gasteiger partial charge in [-0.3, -0.25) is 9.11 Å². The molecule has 0 aliphatic heterocycles. The van der Waals surface area contributed by atoms with Crippen LogP contribution in [0.2, 0.25) is 0 Å². The predicted octanol–water partition coefficient (Wildman–Crippen LogP) is 3.77. The van der Waals surface area contributed by atoms with Gasteiger partial charge in [-0.15, -0.1) is 10.2 Å². The highest BCUT2D eigenvalue weighted by Gasteiger charge is 2.26. The van der Waals surface area contributed by atoms with E-state index in [9.17, 15) is 31.0 Å². The first-order valence-corrected chi connectivity index (χ1v) is 11.1. The SMILES string of the molecule is COc1cc(C)ccc1N=Nc1c(S(=O)(=O)O)cc2cccc(S(=O)(=O)O)c2c1O. The summed E-state index contributed by atoms with van der Waals surface area (Å²) in [5, 5.41) is 17.8. The number of phenolic OH excluding ortho intramolecular Hbond substituents is 1. The van der Waals surface area contributed by atoms with E-state index in [2.05, 4.69) is 10.2 Å². The summed E-state index contributed by atoms with van der Waals surface area (Å²) in [6, 6.07) is 9.34. The molecule has 3 rings (SSSR count). The van der Waals surface area contributed by atoms with Crippen LogP contribution in [0.4, 0.5) is 11.4 Å². The van der Waals surface area contributed by atoms with E-state index in [1.54, 1.807) is 12.1 Å². The zero-order valence-corrected chi connectivity index (χ0v) is 17.3. The van der Waals surface area contributed by atoms with Crippen LogP contribution in [-0.2, 0) is 20.2 Å². The Balaban J connectivity index is 2.36. The van der Waals surface area contributed by atoms with E-state index in [0.29, 0.717) is 5.75 Å². The second-order valence-corrected chi connectivity index (χ2v) is 9.03. The number of methoxy groups -OCH3 is 1. The second kappa shape index (κ2) is 7.65. The van der Waals surface area contributed by atoms with Gasteiger partial charge in [-0.2, -0.15) is 16.8 Å². The first-order valence-electron chi connectivity index (χ1n) is 8.23. The lowest BCUT2D eigenvalue weighted by Crippen LogP contribution is -2.02. The monoisotopic (exact) mass is 452 g/mol. The zero-order chi connectivity index (χ0) is 22.3. The average molecular weight is 452 g/mol. The van der Waals surface area contributed by atoms with E-state index in [4.69, 9.17) is 4.74 Å². The largest absolute Gasteiger partial charge is 0.505 e. The Morgan fingerprint density at radius 2 is 1.57 bits per heavy atom. The van der Waals surface area contributed by atoms with Crippen molar-refractivity contribution in [2.45, 2.75) is 16.7 Å². The molecular formula is C18H16N2O8S2. The molecule has 0 spiro atoms. The summed E-state index contributed by atoms with van der Waals surface area (Å²) in [4.78, 5) is -1.46. The van der Waals surface area contributed by atoms with E-state index in [1.807, 2.05) is 6.92 Å². The molecule has 3 aromatic rings. The van der Waals surface area contributed by atoms with Crippen LogP contribution in [0.5, 0.6) is 11.5 Å². The summed E-state index contributed by atoms with van der Waals surface area (Å²) in [7, 11) is -8.25. The number of ether oxygens (including phenoxy) is 1. The fraction of sp³-hybridized carbons (Fsp3) is 0.111. The molecule has 0 atom stereocenters. The first kappa shape index (κ1) is 21.6. The lowest BCUT2D eigenvalue weighted by atomic mass is 10.1. The van der Waals surface area contributed by atoms with E-state index in [0.717, 1.165) is 17.7 Å². The molecule has 30 heavy (non-hydrogen) atoms. The minimum absolute atomic E-state index is 0.0675. The first-order chi connectivity index (χ1) is 13.9. The van der Waals surface area contributed by atoms with Gasteiger partial charge in [0.25, 0.3) is 20.2 Å². The van der Waals surface area contributed by atoms with Crippen molar-refractivity contribution in [3.63, 3.8) is 0 Å². The molecule has 0 aliphatic carbocycles. The third kappa shape index (κ3) is 4.11. The molecule has 0 aliphatic rings. The summed E-state index contributed by atoms with van der Waals surface area (Å²) >= 11 is 0. The fourth-order valence-corrected chi connectivity index (χ4v) is 4.23. The Labute approximate surface area is 172 Å². The highest BCUT2D eigenvalue weighted by molar-refractivity contribution is 7.86. The molecule has 0 radical (unpaired) electrons. The molecule has 0 unspecified atom stereocenters. The van der Waals surface area contributed by atoms with Crippen LogP contribution in [0.25, 0.3) is 10.8 Å². The molecule has 3 aromatic carbocycles. The van der Waals surface area contributed by atoms with Crippen LogP contribution in [0.3, 0.4) is 0 Å². The van der Waals surface area contributed by atoms with Crippen LogP contribution >= 0.6 is 0 Å². The maximum absolute atomic E-state index is 11.9. The van der Waals surface area contributed by atoms with Gasteiger partial charge in [-0.1, -0.05) is 18.2 Å². The van der Waals surface area contributed by atoms with E-state index in [1.165, 1.54) is 25.3 Å². The van der Waals surface area contributed by atoms with E-state index >= 15 is 0 Å². The minimum atomic E-state index is -4.88. The highest BCUT2D eigenvalue weighted by Crippen LogP contribution is 2.44. The van der Waals surface area contributed by atoms with Crippen molar-refractivity contribution < 1.29 is 35.8 Å². The van der Waals surface area contributed by atoms with Gasteiger partial charge < -0.3 is 9.84 Å². The quantitative estimate of drug-likeness (QED) is 0.389. The molecule has 0 heterocycles. The van der Waals surface area contributed by atoms with Crippen LogP contribution in [-0.4, -0.2) is 38.2 Å². The van der Waals surface area contributed by atoms with Crippen LogP contribution < -0.4 is 4.74 Å². The third-order valence-corrected chi connectivity index (χ3v) is 5.95. The van der Waals surface area contributed by atoms with Crippen molar-refractivity contribution in [3.8, 4) is 11.5 Å². The van der Waals surface area contributed by atoms with Gasteiger partial charge >= 0.3 is 0 Å². The van der Waals surface area contributed by atoms with Crippen molar-refractivity contribution in [3.05, 3.63) is 48.0 Å². The molecule has 0 saturated carbocycles. The van der Waals surface area contributed by atoms with Crippen LogP contribution in [0.1, 0.15) is 5.56 Å². The molecule has 0 fully saturated rings. The summed E-state index contributed by atoms with van der Waals surface area (Å²) < 4.78 is 71.3. The Morgan fingerprint density at radius 3 is 2.17 bits per heavy atom. The lowest BCUT2D eigenvalue weighted by Gasteiger charge is -2.11.